The number of hydrogen-bond donors (Lipinski definition) is 1. The number of nitrogens with one attached hydrogen (secondary N) is 1. The highest BCUT2D eigenvalue weighted by Crippen LogP contribution is 2.34. The van der Waals surface area contributed by atoms with E-state index >= 15 is 0 Å². The summed E-state index contributed by atoms with van der Waals surface area (Å²) in [5.41, 5.74) is 1.54. The number of rotatable bonds is 3. The number of ether oxygens (including phenoxy) is 2. The molecular formula is C19H15FN2O3S. The molecule has 0 saturated heterocycles. The van der Waals surface area contributed by atoms with E-state index in [-0.39, 0.29) is 11.7 Å². The molecule has 1 aliphatic heterocycles. The Labute approximate surface area is 153 Å². The number of halogens is 1. The maximum absolute atomic E-state index is 14.0. The van der Waals surface area contributed by atoms with E-state index in [9.17, 15) is 9.18 Å². The number of hydrogen-bond acceptors (Lipinski definition) is 5. The van der Waals surface area contributed by atoms with Gasteiger partial charge >= 0.3 is 0 Å². The lowest BCUT2D eigenvalue weighted by atomic mass is 10.2. The van der Waals surface area contributed by atoms with E-state index in [0.717, 1.165) is 11.3 Å². The number of aromatic nitrogens is 1. The van der Waals surface area contributed by atoms with Crippen LogP contribution >= 0.6 is 11.3 Å². The van der Waals surface area contributed by atoms with Gasteiger partial charge in [-0.25, -0.2) is 9.37 Å². The highest BCUT2D eigenvalue weighted by molar-refractivity contribution is 7.17. The van der Waals surface area contributed by atoms with Crippen molar-refractivity contribution in [1.82, 2.24) is 4.98 Å². The second kappa shape index (κ2) is 6.76. The molecule has 1 aliphatic rings. The minimum absolute atomic E-state index is 0.292. The van der Waals surface area contributed by atoms with Gasteiger partial charge in [0.2, 0.25) is 0 Å². The average molecular weight is 370 g/mol. The molecule has 2 heterocycles. The molecule has 0 spiro atoms. The SMILES string of the molecule is Cc1nc(-c2ccccc2F)sc1C(=O)Nc1ccc2c(c1)OCCO2. The smallest absolute Gasteiger partial charge is 0.267 e. The number of benzene rings is 2. The fourth-order valence-corrected chi connectivity index (χ4v) is 3.65. The summed E-state index contributed by atoms with van der Waals surface area (Å²) in [5.74, 6) is 0.603. The van der Waals surface area contributed by atoms with Gasteiger partial charge in [-0.05, 0) is 31.2 Å². The van der Waals surface area contributed by atoms with Gasteiger partial charge in [0.1, 0.15) is 28.9 Å². The largest absolute Gasteiger partial charge is 0.486 e. The second-order valence-corrected chi connectivity index (χ2v) is 6.73. The highest BCUT2D eigenvalue weighted by Gasteiger charge is 2.19. The maximum atomic E-state index is 14.0. The van der Waals surface area contributed by atoms with Crippen LogP contribution in [0.1, 0.15) is 15.4 Å². The number of thiazole rings is 1. The molecule has 5 nitrogen and oxygen atoms in total. The molecular weight excluding hydrogens is 355 g/mol. The first kappa shape index (κ1) is 16.5. The third-order valence-corrected chi connectivity index (χ3v) is 5.10. The zero-order chi connectivity index (χ0) is 18.1. The van der Waals surface area contributed by atoms with Gasteiger partial charge < -0.3 is 14.8 Å². The molecule has 0 unspecified atom stereocenters. The monoisotopic (exact) mass is 370 g/mol. The summed E-state index contributed by atoms with van der Waals surface area (Å²) in [6, 6.07) is 11.6. The predicted octanol–water partition coefficient (Wildman–Crippen LogP) is 4.28. The molecule has 26 heavy (non-hydrogen) atoms. The molecule has 0 fully saturated rings. The molecule has 0 bridgehead atoms. The quantitative estimate of drug-likeness (QED) is 0.748. The van der Waals surface area contributed by atoms with Crippen molar-refractivity contribution >= 4 is 22.9 Å². The number of nitrogens with zero attached hydrogens (tertiary/aromatic N) is 1. The molecule has 0 aliphatic carbocycles. The van der Waals surface area contributed by atoms with Gasteiger partial charge in [0, 0.05) is 17.3 Å². The molecule has 132 valence electrons. The Morgan fingerprint density at radius 2 is 1.92 bits per heavy atom. The molecule has 0 saturated carbocycles. The number of anilines is 1. The van der Waals surface area contributed by atoms with Crippen molar-refractivity contribution < 1.29 is 18.7 Å². The van der Waals surface area contributed by atoms with Gasteiger partial charge in [-0.2, -0.15) is 0 Å². The van der Waals surface area contributed by atoms with E-state index in [2.05, 4.69) is 10.3 Å². The molecule has 1 amide bonds. The maximum Gasteiger partial charge on any atom is 0.267 e. The minimum Gasteiger partial charge on any atom is -0.486 e. The first-order valence-corrected chi connectivity index (χ1v) is 8.87. The van der Waals surface area contributed by atoms with E-state index in [1.807, 2.05) is 0 Å². The van der Waals surface area contributed by atoms with Gasteiger partial charge in [-0.3, -0.25) is 4.79 Å². The normalized spacial score (nSPS) is 12.7. The van der Waals surface area contributed by atoms with Crippen LogP contribution < -0.4 is 14.8 Å². The Morgan fingerprint density at radius 3 is 2.73 bits per heavy atom. The number of amides is 1. The van der Waals surface area contributed by atoms with Gasteiger partial charge in [0.25, 0.3) is 5.91 Å². The van der Waals surface area contributed by atoms with Crippen LogP contribution in [-0.2, 0) is 0 Å². The third kappa shape index (κ3) is 3.13. The fraction of sp³-hybridized carbons (Fsp3) is 0.158. The lowest BCUT2D eigenvalue weighted by Crippen LogP contribution is -2.16. The van der Waals surface area contributed by atoms with Gasteiger partial charge in [-0.15, -0.1) is 11.3 Å². The first-order chi connectivity index (χ1) is 12.6. The zero-order valence-electron chi connectivity index (χ0n) is 13.9. The summed E-state index contributed by atoms with van der Waals surface area (Å²) in [7, 11) is 0. The molecule has 2 aromatic carbocycles. The van der Waals surface area contributed by atoms with Crippen molar-refractivity contribution in [2.45, 2.75) is 6.92 Å². The topological polar surface area (TPSA) is 60.5 Å². The summed E-state index contributed by atoms with van der Waals surface area (Å²) in [6.07, 6.45) is 0. The second-order valence-electron chi connectivity index (χ2n) is 5.73. The van der Waals surface area contributed by atoms with Gasteiger partial charge in [0.15, 0.2) is 11.5 Å². The molecule has 1 aromatic heterocycles. The van der Waals surface area contributed by atoms with Crippen LogP contribution in [0.15, 0.2) is 42.5 Å². The van der Waals surface area contributed by atoms with E-state index in [4.69, 9.17) is 9.47 Å². The molecule has 3 aromatic rings. The van der Waals surface area contributed by atoms with Crippen LogP contribution in [0.25, 0.3) is 10.6 Å². The fourth-order valence-electron chi connectivity index (χ4n) is 2.67. The predicted molar refractivity (Wildman–Crippen MR) is 97.6 cm³/mol. The van der Waals surface area contributed by atoms with Crippen LogP contribution in [0.2, 0.25) is 0 Å². The van der Waals surface area contributed by atoms with Gasteiger partial charge in [0.05, 0.1) is 5.69 Å². The Balaban J connectivity index is 1.58. The summed E-state index contributed by atoms with van der Waals surface area (Å²) in [6.45, 7) is 2.72. The lowest BCUT2D eigenvalue weighted by Gasteiger charge is -2.18. The Morgan fingerprint density at radius 1 is 1.15 bits per heavy atom. The van der Waals surface area contributed by atoms with Crippen molar-refractivity contribution in [1.29, 1.82) is 0 Å². The summed E-state index contributed by atoms with van der Waals surface area (Å²) >= 11 is 1.16. The molecule has 0 radical (unpaired) electrons. The minimum atomic E-state index is -0.361. The zero-order valence-corrected chi connectivity index (χ0v) is 14.7. The van der Waals surface area contributed by atoms with Crippen LogP contribution in [0.5, 0.6) is 11.5 Å². The Hall–Kier alpha value is -2.93. The third-order valence-electron chi connectivity index (χ3n) is 3.91. The van der Waals surface area contributed by atoms with Crippen molar-refractivity contribution in [3.63, 3.8) is 0 Å². The van der Waals surface area contributed by atoms with E-state index < -0.39 is 0 Å². The van der Waals surface area contributed by atoms with Crippen LogP contribution in [0, 0.1) is 12.7 Å². The Kier molecular flexibility index (Phi) is 4.30. The number of aryl methyl sites for hydroxylation is 1. The van der Waals surface area contributed by atoms with Crippen molar-refractivity contribution in [3.05, 3.63) is 58.9 Å². The first-order valence-electron chi connectivity index (χ1n) is 8.05. The van der Waals surface area contributed by atoms with Crippen LogP contribution in [-0.4, -0.2) is 24.1 Å². The number of carbonyl (C=O) groups is 1. The van der Waals surface area contributed by atoms with Crippen molar-refractivity contribution in [3.8, 4) is 22.1 Å². The highest BCUT2D eigenvalue weighted by atomic mass is 32.1. The molecule has 7 heteroatoms. The van der Waals surface area contributed by atoms with Crippen LogP contribution in [0.3, 0.4) is 0 Å². The van der Waals surface area contributed by atoms with E-state index in [1.165, 1.54) is 6.07 Å². The molecule has 0 atom stereocenters. The number of carbonyl (C=O) groups excluding carboxylic acids is 1. The van der Waals surface area contributed by atoms with Crippen LogP contribution in [0.4, 0.5) is 10.1 Å². The molecule has 4 rings (SSSR count). The number of fused-ring (bicyclic) bond motifs is 1. The average Bonchev–Trinajstić information content (AvgIpc) is 3.03. The Bertz CT molecular complexity index is 987. The molecule has 1 N–H and O–H groups in total. The van der Waals surface area contributed by atoms with E-state index in [1.54, 1.807) is 43.3 Å². The summed E-state index contributed by atoms with van der Waals surface area (Å²) < 4.78 is 25.0. The van der Waals surface area contributed by atoms with E-state index in [0.29, 0.717) is 51.5 Å². The van der Waals surface area contributed by atoms with Crippen molar-refractivity contribution in [2.24, 2.45) is 0 Å². The summed E-state index contributed by atoms with van der Waals surface area (Å²) in [4.78, 5) is 17.4. The van der Waals surface area contributed by atoms with Gasteiger partial charge in [-0.1, -0.05) is 12.1 Å². The van der Waals surface area contributed by atoms with Crippen molar-refractivity contribution in [2.75, 3.05) is 18.5 Å². The lowest BCUT2D eigenvalue weighted by molar-refractivity contribution is 0.102. The standard InChI is InChI=1S/C19H15FN2O3S/c1-11-17(26-19(21-11)13-4-2-3-5-14(13)20)18(23)22-12-6-7-15-16(10-12)25-9-8-24-15/h2-7,10H,8-9H2,1H3,(H,22,23). The summed E-state index contributed by atoms with van der Waals surface area (Å²) in [5, 5.41) is 3.31.